The topological polar surface area (TPSA) is 120 Å². The summed E-state index contributed by atoms with van der Waals surface area (Å²) in [5, 5.41) is 3.21. The molecule has 1 atom stereocenters. The lowest BCUT2D eigenvalue weighted by molar-refractivity contribution is -0.203. The molecule has 0 amide bonds. The van der Waals surface area contributed by atoms with Gasteiger partial charge in [-0.15, -0.1) is 0 Å². The number of ether oxygens (including phenoxy) is 1. The summed E-state index contributed by atoms with van der Waals surface area (Å²) in [5.74, 6) is -1.83. The van der Waals surface area contributed by atoms with Crippen molar-refractivity contribution in [2.24, 2.45) is 5.73 Å². The van der Waals surface area contributed by atoms with Crippen LogP contribution in [0.1, 0.15) is 50.5 Å². The van der Waals surface area contributed by atoms with E-state index in [9.17, 15) is 22.8 Å². The maximum atomic E-state index is 13.9. The highest BCUT2D eigenvalue weighted by atomic mass is 19.4. The third kappa shape index (κ3) is 6.02. The second-order valence-electron chi connectivity index (χ2n) is 10.2. The SMILES string of the molecule is NC1CCCN(c2nc3nc(NC4CCCCC4)n(COC(=O)C(F)(F)F)c(=O)c3n2Cc2ccccc2)C1. The molecule has 39 heavy (non-hydrogen) atoms. The molecule has 3 aromatic rings. The highest BCUT2D eigenvalue weighted by Crippen LogP contribution is 2.27. The van der Waals surface area contributed by atoms with Crippen molar-refractivity contribution < 1.29 is 22.7 Å². The highest BCUT2D eigenvalue weighted by Gasteiger charge is 2.41. The maximum absolute atomic E-state index is 13.9. The van der Waals surface area contributed by atoms with Crippen molar-refractivity contribution in [1.82, 2.24) is 19.1 Å². The largest absolute Gasteiger partial charge is 0.490 e. The van der Waals surface area contributed by atoms with Crippen LogP contribution in [-0.2, 0) is 22.8 Å². The molecule has 3 N–H and O–H groups in total. The Hall–Kier alpha value is -3.61. The van der Waals surface area contributed by atoms with Gasteiger partial charge in [-0.2, -0.15) is 23.1 Å². The zero-order chi connectivity index (χ0) is 27.6. The second kappa shape index (κ2) is 11.2. The van der Waals surface area contributed by atoms with Crippen LogP contribution in [0, 0.1) is 0 Å². The summed E-state index contributed by atoms with van der Waals surface area (Å²) in [6.45, 7) is 0.585. The van der Waals surface area contributed by atoms with Crippen LogP contribution in [0.3, 0.4) is 0 Å². The summed E-state index contributed by atoms with van der Waals surface area (Å²) in [7, 11) is 0. The smallest absolute Gasteiger partial charge is 0.437 e. The number of anilines is 2. The van der Waals surface area contributed by atoms with E-state index in [0.717, 1.165) is 55.1 Å². The fourth-order valence-electron chi connectivity index (χ4n) is 5.32. The number of nitrogens with zero attached hydrogens (tertiary/aromatic N) is 5. The molecule has 10 nitrogen and oxygen atoms in total. The van der Waals surface area contributed by atoms with Gasteiger partial charge in [0.15, 0.2) is 17.9 Å². The standard InChI is InChI=1S/C26H32F3N7O3/c27-26(28,29)23(38)39-16-36-22(37)20-21(32-24(36)31-19-11-5-2-6-12-19)33-25(34-13-7-10-18(30)15-34)35(20)14-17-8-3-1-4-9-17/h1,3-4,8-9,18-19H,2,5-7,10-16,30H2,(H,31,32). The number of alkyl halides is 3. The Morgan fingerprint density at radius 2 is 1.79 bits per heavy atom. The van der Waals surface area contributed by atoms with Crippen LogP contribution >= 0.6 is 0 Å². The van der Waals surface area contributed by atoms with Gasteiger partial charge in [-0.3, -0.25) is 9.36 Å². The predicted molar refractivity (Wildman–Crippen MR) is 139 cm³/mol. The van der Waals surface area contributed by atoms with E-state index in [4.69, 9.17) is 10.7 Å². The van der Waals surface area contributed by atoms with Crippen LogP contribution < -0.4 is 21.5 Å². The van der Waals surface area contributed by atoms with Crippen molar-refractivity contribution in [3.63, 3.8) is 0 Å². The number of benzene rings is 1. The number of rotatable bonds is 7. The average Bonchev–Trinajstić information content (AvgIpc) is 3.27. The number of hydrogen-bond acceptors (Lipinski definition) is 8. The minimum absolute atomic E-state index is 0.0152. The Labute approximate surface area is 223 Å². The lowest BCUT2D eigenvalue weighted by Crippen LogP contribution is -2.44. The maximum Gasteiger partial charge on any atom is 0.490 e. The molecule has 1 saturated carbocycles. The van der Waals surface area contributed by atoms with Gasteiger partial charge in [-0.25, -0.2) is 9.36 Å². The van der Waals surface area contributed by atoms with Crippen molar-refractivity contribution in [2.75, 3.05) is 23.3 Å². The number of nitrogens with two attached hydrogens (primary N) is 1. The molecule has 3 heterocycles. The van der Waals surface area contributed by atoms with E-state index in [-0.39, 0.29) is 35.7 Å². The van der Waals surface area contributed by atoms with Gasteiger partial charge in [0, 0.05) is 25.2 Å². The van der Waals surface area contributed by atoms with Crippen LogP contribution in [0.25, 0.3) is 11.2 Å². The molecular formula is C26H32F3N7O3. The first-order valence-electron chi connectivity index (χ1n) is 13.3. The molecule has 5 rings (SSSR count). The molecule has 1 saturated heterocycles. The third-order valence-electron chi connectivity index (χ3n) is 7.26. The van der Waals surface area contributed by atoms with Crippen molar-refractivity contribution in [1.29, 1.82) is 0 Å². The normalized spacial score (nSPS) is 18.9. The van der Waals surface area contributed by atoms with Crippen LogP contribution in [0.4, 0.5) is 25.1 Å². The molecule has 1 unspecified atom stereocenters. The number of aromatic nitrogens is 4. The first-order chi connectivity index (χ1) is 18.7. The van der Waals surface area contributed by atoms with E-state index in [2.05, 4.69) is 15.0 Å². The number of hydrogen-bond donors (Lipinski definition) is 2. The lowest BCUT2D eigenvalue weighted by Gasteiger charge is -2.31. The number of nitrogens with one attached hydrogen (secondary N) is 1. The van der Waals surface area contributed by atoms with Gasteiger partial charge in [0.25, 0.3) is 5.56 Å². The number of imidazole rings is 1. The van der Waals surface area contributed by atoms with Crippen LogP contribution in [0.5, 0.6) is 0 Å². The zero-order valence-electron chi connectivity index (χ0n) is 21.5. The molecule has 2 aromatic heterocycles. The molecule has 0 bridgehead atoms. The summed E-state index contributed by atoms with van der Waals surface area (Å²) in [6.07, 6.45) is 1.26. The Morgan fingerprint density at radius 3 is 2.49 bits per heavy atom. The van der Waals surface area contributed by atoms with E-state index in [0.29, 0.717) is 19.0 Å². The van der Waals surface area contributed by atoms with E-state index in [1.54, 1.807) is 4.57 Å². The number of carbonyl (C=O) groups excluding carboxylic acids is 1. The first-order valence-corrected chi connectivity index (χ1v) is 13.3. The fraction of sp³-hybridized carbons (Fsp3) is 0.538. The van der Waals surface area contributed by atoms with E-state index in [1.165, 1.54) is 0 Å². The highest BCUT2D eigenvalue weighted by molar-refractivity contribution is 5.77. The van der Waals surface area contributed by atoms with E-state index >= 15 is 0 Å². The van der Waals surface area contributed by atoms with Gasteiger partial charge in [-0.1, -0.05) is 49.6 Å². The molecule has 0 radical (unpaired) electrons. The number of piperidine rings is 1. The monoisotopic (exact) mass is 547 g/mol. The van der Waals surface area contributed by atoms with Gasteiger partial charge >= 0.3 is 12.1 Å². The van der Waals surface area contributed by atoms with Crippen LogP contribution in [-0.4, -0.2) is 56.4 Å². The van der Waals surface area contributed by atoms with E-state index in [1.807, 2.05) is 35.2 Å². The van der Waals surface area contributed by atoms with E-state index < -0.39 is 24.4 Å². The van der Waals surface area contributed by atoms with Crippen LogP contribution in [0.15, 0.2) is 35.1 Å². The predicted octanol–water partition coefficient (Wildman–Crippen LogP) is 3.38. The van der Waals surface area contributed by atoms with Gasteiger partial charge in [-0.05, 0) is 31.2 Å². The van der Waals surface area contributed by atoms with Crippen LogP contribution in [0.2, 0.25) is 0 Å². The van der Waals surface area contributed by atoms with Gasteiger partial charge in [0.05, 0.1) is 6.54 Å². The second-order valence-corrected chi connectivity index (χ2v) is 10.2. The Bertz CT molecular complexity index is 1370. The fourth-order valence-corrected chi connectivity index (χ4v) is 5.32. The first kappa shape index (κ1) is 27.0. The summed E-state index contributed by atoms with van der Waals surface area (Å²) in [6, 6.07) is 9.39. The summed E-state index contributed by atoms with van der Waals surface area (Å²) >= 11 is 0. The zero-order valence-corrected chi connectivity index (χ0v) is 21.5. The summed E-state index contributed by atoms with van der Waals surface area (Å²) in [4.78, 5) is 36.8. The molecule has 1 aliphatic heterocycles. The molecular weight excluding hydrogens is 515 g/mol. The molecule has 2 aliphatic rings. The molecule has 1 aromatic carbocycles. The van der Waals surface area contributed by atoms with Gasteiger partial charge in [0.2, 0.25) is 11.9 Å². The van der Waals surface area contributed by atoms with Crippen molar-refractivity contribution in [2.45, 2.75) is 76.5 Å². The quantitative estimate of drug-likeness (QED) is 0.432. The van der Waals surface area contributed by atoms with Crippen molar-refractivity contribution >= 4 is 29.0 Å². The van der Waals surface area contributed by atoms with Crippen molar-refractivity contribution in [3.8, 4) is 0 Å². The molecule has 0 spiro atoms. The Morgan fingerprint density at radius 1 is 1.05 bits per heavy atom. The lowest BCUT2D eigenvalue weighted by atomic mass is 9.96. The van der Waals surface area contributed by atoms with Crippen molar-refractivity contribution in [3.05, 3.63) is 46.2 Å². The molecule has 2 fully saturated rings. The number of carbonyl (C=O) groups is 1. The molecule has 13 heteroatoms. The Balaban J connectivity index is 1.62. The van der Waals surface area contributed by atoms with Gasteiger partial charge in [0.1, 0.15) is 0 Å². The summed E-state index contributed by atoms with van der Waals surface area (Å²) in [5.41, 5.74) is 6.77. The number of fused-ring (bicyclic) bond motifs is 1. The summed E-state index contributed by atoms with van der Waals surface area (Å²) < 4.78 is 45.9. The minimum atomic E-state index is -5.19. The number of halogens is 3. The average molecular weight is 548 g/mol. The number of esters is 1. The Kier molecular flexibility index (Phi) is 7.78. The molecule has 1 aliphatic carbocycles. The minimum Gasteiger partial charge on any atom is -0.437 e. The molecule has 210 valence electrons. The third-order valence-corrected chi connectivity index (χ3v) is 7.26. The van der Waals surface area contributed by atoms with Gasteiger partial charge < -0.3 is 20.7 Å².